The van der Waals surface area contributed by atoms with Crippen molar-refractivity contribution in [3.8, 4) is 5.75 Å². The minimum Gasteiger partial charge on any atom is -0.491 e. The quantitative estimate of drug-likeness (QED) is 0.843. The van der Waals surface area contributed by atoms with E-state index in [1.54, 1.807) is 6.07 Å². The molecule has 20 heavy (non-hydrogen) atoms. The molecule has 1 N–H and O–H groups in total. The number of hydrogen-bond donors (Lipinski definition) is 1. The number of rotatable bonds is 5. The summed E-state index contributed by atoms with van der Waals surface area (Å²) >= 11 is 0. The number of benzene rings is 1. The summed E-state index contributed by atoms with van der Waals surface area (Å²) in [5, 5.41) is 8.56. The van der Waals surface area contributed by atoms with Crippen molar-refractivity contribution in [2.45, 2.75) is 25.4 Å². The summed E-state index contributed by atoms with van der Waals surface area (Å²) in [6.07, 6.45) is 5.47. The number of ether oxygens (including phenoxy) is 2. The third-order valence-electron chi connectivity index (χ3n) is 3.02. The zero-order chi connectivity index (χ0) is 14.4. The average Bonchev–Trinajstić information content (AvgIpc) is 2.44. The highest BCUT2D eigenvalue weighted by molar-refractivity contribution is 5.85. The standard InChI is InChI=1S/C15H17FO4/c16-12-7-11(4-5-15(17)18)8-14(9-12)20-10-13-3-1-2-6-19-13/h4-5,7-9,13H,1-3,6,10H2,(H,17,18)/b5-4+. The predicted molar refractivity (Wildman–Crippen MR) is 72.2 cm³/mol. The van der Waals surface area contributed by atoms with Crippen LogP contribution in [0.1, 0.15) is 24.8 Å². The van der Waals surface area contributed by atoms with E-state index >= 15 is 0 Å². The molecule has 1 aliphatic rings. The Labute approximate surface area is 116 Å². The number of hydrogen-bond acceptors (Lipinski definition) is 3. The van der Waals surface area contributed by atoms with Gasteiger partial charge in [-0.25, -0.2) is 9.18 Å². The molecule has 4 nitrogen and oxygen atoms in total. The summed E-state index contributed by atoms with van der Waals surface area (Å²) < 4.78 is 24.5. The third kappa shape index (κ3) is 4.66. The largest absolute Gasteiger partial charge is 0.491 e. The van der Waals surface area contributed by atoms with Crippen molar-refractivity contribution in [3.05, 3.63) is 35.7 Å². The van der Waals surface area contributed by atoms with Crippen LogP contribution < -0.4 is 4.74 Å². The van der Waals surface area contributed by atoms with Gasteiger partial charge in [-0.1, -0.05) is 0 Å². The molecule has 0 amide bonds. The molecule has 0 spiro atoms. The second-order valence-corrected chi connectivity index (χ2v) is 4.69. The molecule has 1 atom stereocenters. The van der Waals surface area contributed by atoms with Crippen molar-refractivity contribution >= 4 is 12.0 Å². The van der Waals surface area contributed by atoms with E-state index in [1.807, 2.05) is 0 Å². The maximum Gasteiger partial charge on any atom is 0.328 e. The Morgan fingerprint density at radius 3 is 3.00 bits per heavy atom. The summed E-state index contributed by atoms with van der Waals surface area (Å²) in [5.41, 5.74) is 0.451. The minimum atomic E-state index is -1.08. The van der Waals surface area contributed by atoms with E-state index in [-0.39, 0.29) is 6.10 Å². The fourth-order valence-electron chi connectivity index (χ4n) is 2.06. The first kappa shape index (κ1) is 14.5. The van der Waals surface area contributed by atoms with Crippen LogP contribution in [0.4, 0.5) is 4.39 Å². The monoisotopic (exact) mass is 280 g/mol. The van der Waals surface area contributed by atoms with Crippen LogP contribution in [0, 0.1) is 5.82 Å². The summed E-state index contributed by atoms with van der Waals surface area (Å²) in [6.45, 7) is 1.12. The van der Waals surface area contributed by atoms with Gasteiger partial charge < -0.3 is 14.6 Å². The Kier molecular flexibility index (Phi) is 5.12. The Morgan fingerprint density at radius 1 is 1.45 bits per heavy atom. The molecule has 0 bridgehead atoms. The Morgan fingerprint density at radius 2 is 2.30 bits per heavy atom. The van der Waals surface area contributed by atoms with E-state index in [1.165, 1.54) is 18.2 Å². The van der Waals surface area contributed by atoms with Crippen molar-refractivity contribution in [1.29, 1.82) is 0 Å². The van der Waals surface area contributed by atoms with Gasteiger partial charge in [0.1, 0.15) is 18.2 Å². The van der Waals surface area contributed by atoms with Crippen molar-refractivity contribution < 1.29 is 23.8 Å². The molecule has 0 aliphatic carbocycles. The molecule has 0 radical (unpaired) electrons. The molecule has 1 aromatic rings. The first-order chi connectivity index (χ1) is 9.63. The van der Waals surface area contributed by atoms with Crippen LogP contribution in [0.5, 0.6) is 5.75 Å². The Hall–Kier alpha value is -1.88. The van der Waals surface area contributed by atoms with Gasteiger partial charge >= 0.3 is 5.97 Å². The van der Waals surface area contributed by atoms with E-state index in [9.17, 15) is 9.18 Å². The lowest BCUT2D eigenvalue weighted by Gasteiger charge is -2.22. The van der Waals surface area contributed by atoms with Crippen LogP contribution in [0.15, 0.2) is 24.3 Å². The molecule has 2 rings (SSSR count). The van der Waals surface area contributed by atoms with Gasteiger partial charge in [0.15, 0.2) is 0 Å². The second-order valence-electron chi connectivity index (χ2n) is 4.69. The zero-order valence-corrected chi connectivity index (χ0v) is 11.0. The van der Waals surface area contributed by atoms with Crippen LogP contribution in [-0.2, 0) is 9.53 Å². The van der Waals surface area contributed by atoms with Crippen molar-refractivity contribution in [3.63, 3.8) is 0 Å². The van der Waals surface area contributed by atoms with E-state index < -0.39 is 11.8 Å². The third-order valence-corrected chi connectivity index (χ3v) is 3.02. The molecule has 0 saturated carbocycles. The van der Waals surface area contributed by atoms with E-state index in [4.69, 9.17) is 14.6 Å². The van der Waals surface area contributed by atoms with E-state index in [0.717, 1.165) is 31.9 Å². The highest BCUT2D eigenvalue weighted by Crippen LogP contribution is 2.19. The molecule has 1 saturated heterocycles. The highest BCUT2D eigenvalue weighted by Gasteiger charge is 2.14. The smallest absolute Gasteiger partial charge is 0.328 e. The van der Waals surface area contributed by atoms with Crippen LogP contribution in [0.25, 0.3) is 6.08 Å². The summed E-state index contributed by atoms with van der Waals surface area (Å²) in [7, 11) is 0. The molecule has 5 heteroatoms. The molecule has 1 unspecified atom stereocenters. The minimum absolute atomic E-state index is 0.0463. The molecular formula is C15H17FO4. The lowest BCUT2D eigenvalue weighted by Crippen LogP contribution is -2.25. The van der Waals surface area contributed by atoms with E-state index in [2.05, 4.69) is 0 Å². The number of carbonyl (C=O) groups is 1. The maximum absolute atomic E-state index is 13.4. The van der Waals surface area contributed by atoms with Gasteiger partial charge in [-0.15, -0.1) is 0 Å². The van der Waals surface area contributed by atoms with Gasteiger partial charge in [-0.05, 0) is 43.0 Å². The number of halogens is 1. The summed E-state index contributed by atoms with van der Waals surface area (Å²) in [5.74, 6) is -1.16. The Balaban J connectivity index is 1.98. The second kappa shape index (κ2) is 7.05. The Bertz CT molecular complexity index is 493. The molecule has 1 aromatic carbocycles. The fourth-order valence-corrected chi connectivity index (χ4v) is 2.06. The zero-order valence-electron chi connectivity index (χ0n) is 11.0. The van der Waals surface area contributed by atoms with Crippen LogP contribution in [0.3, 0.4) is 0 Å². The molecule has 1 heterocycles. The maximum atomic E-state index is 13.4. The first-order valence-corrected chi connectivity index (χ1v) is 6.59. The molecular weight excluding hydrogens is 263 g/mol. The van der Waals surface area contributed by atoms with Gasteiger partial charge in [0.25, 0.3) is 0 Å². The van der Waals surface area contributed by atoms with Crippen molar-refractivity contribution in [2.75, 3.05) is 13.2 Å². The predicted octanol–water partition coefficient (Wildman–Crippen LogP) is 2.87. The molecule has 0 aromatic heterocycles. The lowest BCUT2D eigenvalue weighted by molar-refractivity contribution is -0.131. The van der Waals surface area contributed by atoms with E-state index in [0.29, 0.717) is 17.9 Å². The SMILES string of the molecule is O=C(O)/C=C/c1cc(F)cc(OCC2CCCCO2)c1. The van der Waals surface area contributed by atoms with Crippen LogP contribution >= 0.6 is 0 Å². The summed E-state index contributed by atoms with van der Waals surface area (Å²) in [6, 6.07) is 4.13. The van der Waals surface area contributed by atoms with Crippen LogP contribution in [0.2, 0.25) is 0 Å². The fraction of sp³-hybridized carbons (Fsp3) is 0.400. The number of carboxylic acid groups (broad SMARTS) is 1. The molecule has 1 fully saturated rings. The van der Waals surface area contributed by atoms with Gasteiger partial charge in [-0.2, -0.15) is 0 Å². The lowest BCUT2D eigenvalue weighted by atomic mass is 10.1. The van der Waals surface area contributed by atoms with Crippen molar-refractivity contribution in [1.82, 2.24) is 0 Å². The molecule has 1 aliphatic heterocycles. The van der Waals surface area contributed by atoms with Gasteiger partial charge in [0.05, 0.1) is 6.10 Å². The average molecular weight is 280 g/mol. The molecule has 108 valence electrons. The summed E-state index contributed by atoms with van der Waals surface area (Å²) in [4.78, 5) is 10.4. The topological polar surface area (TPSA) is 55.8 Å². The van der Waals surface area contributed by atoms with Gasteiger partial charge in [-0.3, -0.25) is 0 Å². The normalized spacial score (nSPS) is 19.1. The number of aliphatic carboxylic acids is 1. The van der Waals surface area contributed by atoms with Gasteiger partial charge in [0, 0.05) is 18.7 Å². The highest BCUT2D eigenvalue weighted by atomic mass is 19.1. The van der Waals surface area contributed by atoms with Gasteiger partial charge in [0.2, 0.25) is 0 Å². The van der Waals surface area contributed by atoms with Crippen molar-refractivity contribution in [2.24, 2.45) is 0 Å². The number of carboxylic acids is 1. The van der Waals surface area contributed by atoms with Crippen LogP contribution in [-0.4, -0.2) is 30.4 Å². The first-order valence-electron chi connectivity index (χ1n) is 6.59.